The minimum atomic E-state index is -1.02. The third-order valence-corrected chi connectivity index (χ3v) is 3.21. The SMILES string of the molecule is C[C@@H]1O[C@H]([C@H](O)Cc2ccccc2)[C@@H](O)[C@H]1O. The zero-order chi connectivity index (χ0) is 12.4. The monoisotopic (exact) mass is 238 g/mol. The van der Waals surface area contributed by atoms with E-state index >= 15 is 0 Å². The molecular weight excluding hydrogens is 220 g/mol. The van der Waals surface area contributed by atoms with Gasteiger partial charge >= 0.3 is 0 Å². The Morgan fingerprint density at radius 1 is 1.18 bits per heavy atom. The van der Waals surface area contributed by atoms with Crippen LogP contribution in [-0.2, 0) is 11.2 Å². The van der Waals surface area contributed by atoms with Crippen LogP contribution in [0.3, 0.4) is 0 Å². The van der Waals surface area contributed by atoms with Gasteiger partial charge in [-0.25, -0.2) is 0 Å². The van der Waals surface area contributed by atoms with Crippen molar-refractivity contribution in [2.24, 2.45) is 0 Å². The normalized spacial score (nSPS) is 34.8. The third kappa shape index (κ3) is 2.66. The van der Waals surface area contributed by atoms with Gasteiger partial charge in [-0.15, -0.1) is 0 Å². The first kappa shape index (κ1) is 12.5. The Labute approximate surface area is 100 Å². The van der Waals surface area contributed by atoms with Crippen LogP contribution in [0.4, 0.5) is 0 Å². The maximum atomic E-state index is 10.0. The first-order valence-corrected chi connectivity index (χ1v) is 5.83. The largest absolute Gasteiger partial charge is 0.390 e. The first-order valence-electron chi connectivity index (χ1n) is 5.83. The van der Waals surface area contributed by atoms with Crippen molar-refractivity contribution in [3.8, 4) is 0 Å². The average Bonchev–Trinajstić information content (AvgIpc) is 2.58. The summed E-state index contributed by atoms with van der Waals surface area (Å²) in [6.07, 6.45) is -3.52. The second-order valence-electron chi connectivity index (χ2n) is 4.54. The molecule has 1 aliphatic rings. The maximum absolute atomic E-state index is 10.0. The van der Waals surface area contributed by atoms with Gasteiger partial charge in [0.25, 0.3) is 0 Å². The molecule has 0 bridgehead atoms. The van der Waals surface area contributed by atoms with E-state index in [9.17, 15) is 15.3 Å². The summed E-state index contributed by atoms with van der Waals surface area (Å²) >= 11 is 0. The van der Waals surface area contributed by atoms with E-state index in [0.29, 0.717) is 6.42 Å². The van der Waals surface area contributed by atoms with Crippen LogP contribution in [-0.4, -0.2) is 45.8 Å². The quantitative estimate of drug-likeness (QED) is 0.698. The topological polar surface area (TPSA) is 69.9 Å². The number of rotatable bonds is 3. The fourth-order valence-corrected chi connectivity index (χ4v) is 2.17. The molecule has 94 valence electrons. The number of aliphatic hydroxyl groups is 3. The van der Waals surface area contributed by atoms with E-state index in [-0.39, 0.29) is 0 Å². The molecule has 0 aromatic heterocycles. The number of hydrogen-bond donors (Lipinski definition) is 3. The Hall–Kier alpha value is -0.940. The van der Waals surface area contributed by atoms with Crippen LogP contribution >= 0.6 is 0 Å². The van der Waals surface area contributed by atoms with Gasteiger partial charge in [0.1, 0.15) is 18.3 Å². The summed E-state index contributed by atoms with van der Waals surface area (Å²) in [6, 6.07) is 9.51. The number of ether oxygens (including phenoxy) is 1. The molecule has 0 radical (unpaired) electrons. The summed E-state index contributed by atoms with van der Waals surface area (Å²) in [5.74, 6) is 0. The minimum Gasteiger partial charge on any atom is -0.390 e. The van der Waals surface area contributed by atoms with Crippen molar-refractivity contribution in [2.45, 2.75) is 43.9 Å². The Balaban J connectivity index is 1.99. The highest BCUT2D eigenvalue weighted by molar-refractivity contribution is 5.16. The third-order valence-electron chi connectivity index (χ3n) is 3.21. The van der Waals surface area contributed by atoms with Gasteiger partial charge in [-0.05, 0) is 12.5 Å². The molecule has 0 saturated carbocycles. The molecule has 1 heterocycles. The Morgan fingerprint density at radius 3 is 2.35 bits per heavy atom. The van der Waals surface area contributed by atoms with Gasteiger partial charge in [-0.1, -0.05) is 30.3 Å². The van der Waals surface area contributed by atoms with Gasteiger partial charge in [-0.2, -0.15) is 0 Å². The lowest BCUT2D eigenvalue weighted by atomic mass is 9.99. The molecule has 0 amide bonds. The molecule has 4 nitrogen and oxygen atoms in total. The lowest BCUT2D eigenvalue weighted by Crippen LogP contribution is -2.39. The van der Waals surface area contributed by atoms with Crippen LogP contribution in [0.25, 0.3) is 0 Å². The molecule has 3 N–H and O–H groups in total. The van der Waals surface area contributed by atoms with Crippen molar-refractivity contribution in [2.75, 3.05) is 0 Å². The van der Waals surface area contributed by atoms with Crippen LogP contribution in [0.2, 0.25) is 0 Å². The second-order valence-corrected chi connectivity index (χ2v) is 4.54. The molecule has 0 aliphatic carbocycles. The van der Waals surface area contributed by atoms with Gasteiger partial charge < -0.3 is 20.1 Å². The second kappa shape index (κ2) is 5.14. The maximum Gasteiger partial charge on any atom is 0.113 e. The van der Waals surface area contributed by atoms with Crippen molar-refractivity contribution in [3.05, 3.63) is 35.9 Å². The molecule has 1 fully saturated rings. The minimum absolute atomic E-state index is 0.405. The summed E-state index contributed by atoms with van der Waals surface area (Å²) < 4.78 is 5.37. The molecule has 4 heteroatoms. The smallest absolute Gasteiger partial charge is 0.113 e. The molecule has 0 spiro atoms. The fourth-order valence-electron chi connectivity index (χ4n) is 2.17. The Bertz CT molecular complexity index is 354. The van der Waals surface area contributed by atoms with Crippen molar-refractivity contribution >= 4 is 0 Å². The molecule has 5 atom stereocenters. The van der Waals surface area contributed by atoms with Gasteiger partial charge in [0, 0.05) is 6.42 Å². The van der Waals surface area contributed by atoms with E-state index in [1.807, 2.05) is 30.3 Å². The summed E-state index contributed by atoms with van der Waals surface area (Å²) in [5, 5.41) is 29.3. The van der Waals surface area contributed by atoms with Crippen LogP contribution in [0, 0.1) is 0 Å². The van der Waals surface area contributed by atoms with E-state index in [1.54, 1.807) is 6.92 Å². The van der Waals surface area contributed by atoms with E-state index in [0.717, 1.165) is 5.56 Å². The van der Waals surface area contributed by atoms with Crippen molar-refractivity contribution in [1.29, 1.82) is 0 Å². The summed E-state index contributed by atoms with van der Waals surface area (Å²) in [4.78, 5) is 0. The standard InChI is InChI=1S/C13H18O4/c1-8-11(15)12(16)13(17-8)10(14)7-9-5-3-2-4-6-9/h2-6,8,10-16H,7H2,1H3/t8-,10+,11-,12-,13+/m0/s1. The van der Waals surface area contributed by atoms with Crippen LogP contribution in [0.5, 0.6) is 0 Å². The van der Waals surface area contributed by atoms with E-state index in [1.165, 1.54) is 0 Å². The first-order chi connectivity index (χ1) is 8.09. The lowest BCUT2D eigenvalue weighted by molar-refractivity contribution is -0.0613. The zero-order valence-electron chi connectivity index (χ0n) is 9.73. The predicted molar refractivity (Wildman–Crippen MR) is 62.5 cm³/mol. The molecule has 0 unspecified atom stereocenters. The van der Waals surface area contributed by atoms with E-state index in [2.05, 4.69) is 0 Å². The number of aliphatic hydroxyl groups excluding tert-OH is 3. The Morgan fingerprint density at radius 2 is 1.82 bits per heavy atom. The molecule has 1 aromatic carbocycles. The van der Waals surface area contributed by atoms with Crippen LogP contribution < -0.4 is 0 Å². The molecular formula is C13H18O4. The van der Waals surface area contributed by atoms with Crippen LogP contribution in [0.15, 0.2) is 30.3 Å². The Kier molecular flexibility index (Phi) is 3.79. The number of hydrogen-bond acceptors (Lipinski definition) is 4. The van der Waals surface area contributed by atoms with Gasteiger partial charge in [0.05, 0.1) is 12.2 Å². The lowest BCUT2D eigenvalue weighted by Gasteiger charge is -2.21. The van der Waals surface area contributed by atoms with E-state index < -0.39 is 30.5 Å². The van der Waals surface area contributed by atoms with Gasteiger partial charge in [0.15, 0.2) is 0 Å². The average molecular weight is 238 g/mol. The predicted octanol–water partition coefficient (Wildman–Crippen LogP) is 0.0991. The van der Waals surface area contributed by atoms with Crippen molar-refractivity contribution in [1.82, 2.24) is 0 Å². The van der Waals surface area contributed by atoms with Crippen molar-refractivity contribution < 1.29 is 20.1 Å². The van der Waals surface area contributed by atoms with Gasteiger partial charge in [-0.3, -0.25) is 0 Å². The van der Waals surface area contributed by atoms with Crippen LogP contribution in [0.1, 0.15) is 12.5 Å². The zero-order valence-corrected chi connectivity index (χ0v) is 9.73. The molecule has 1 saturated heterocycles. The molecule has 1 aliphatic heterocycles. The molecule has 17 heavy (non-hydrogen) atoms. The summed E-state index contributed by atoms with van der Waals surface area (Å²) in [5.41, 5.74) is 0.977. The summed E-state index contributed by atoms with van der Waals surface area (Å²) in [6.45, 7) is 1.68. The fraction of sp³-hybridized carbons (Fsp3) is 0.538. The number of benzene rings is 1. The van der Waals surface area contributed by atoms with E-state index in [4.69, 9.17) is 4.74 Å². The van der Waals surface area contributed by atoms with Gasteiger partial charge in [0.2, 0.25) is 0 Å². The summed E-state index contributed by atoms with van der Waals surface area (Å²) in [7, 11) is 0. The molecule has 2 rings (SSSR count). The molecule has 1 aromatic rings. The highest BCUT2D eigenvalue weighted by atomic mass is 16.6. The highest BCUT2D eigenvalue weighted by Crippen LogP contribution is 2.24. The van der Waals surface area contributed by atoms with Crippen molar-refractivity contribution in [3.63, 3.8) is 0 Å². The highest BCUT2D eigenvalue weighted by Gasteiger charge is 2.43.